The molecule has 17 heavy (non-hydrogen) atoms. The third-order valence-electron chi connectivity index (χ3n) is 2.12. The monoisotopic (exact) mass is 250 g/mol. The number of phenols is 1. The zero-order chi connectivity index (χ0) is 12.7. The summed E-state index contributed by atoms with van der Waals surface area (Å²) in [7, 11) is 2.54. The van der Waals surface area contributed by atoms with Crippen molar-refractivity contribution in [2.24, 2.45) is 5.10 Å². The van der Waals surface area contributed by atoms with Gasteiger partial charge < -0.3 is 5.11 Å². The van der Waals surface area contributed by atoms with E-state index in [1.54, 1.807) is 18.3 Å². The number of phenolic OH excluding ortho intramolecular Hbond substituents is 1. The second kappa shape index (κ2) is 7.08. The first-order valence-electron chi connectivity index (χ1n) is 5.62. The van der Waals surface area contributed by atoms with E-state index in [2.05, 4.69) is 25.0 Å². The number of rotatable bonds is 5. The SMILES string of the molecule is CCC=C(C)PN(C)/N=C/c1ccc(O)cc1. The summed E-state index contributed by atoms with van der Waals surface area (Å²) < 4.78 is 1.92. The van der Waals surface area contributed by atoms with Gasteiger partial charge >= 0.3 is 0 Å². The van der Waals surface area contributed by atoms with Crippen molar-refractivity contribution in [2.45, 2.75) is 20.3 Å². The predicted molar refractivity (Wildman–Crippen MR) is 75.8 cm³/mol. The van der Waals surface area contributed by atoms with Gasteiger partial charge in [0.05, 0.1) is 6.21 Å². The lowest BCUT2D eigenvalue weighted by atomic mass is 10.2. The second-order valence-corrected chi connectivity index (χ2v) is 5.43. The summed E-state index contributed by atoms with van der Waals surface area (Å²) in [4.78, 5) is 0. The fraction of sp³-hybridized carbons (Fsp3) is 0.308. The third kappa shape index (κ3) is 5.50. The van der Waals surface area contributed by atoms with E-state index in [1.807, 2.05) is 24.0 Å². The number of hydrogen-bond acceptors (Lipinski definition) is 3. The molecule has 1 aromatic rings. The van der Waals surface area contributed by atoms with Crippen molar-refractivity contribution in [3.05, 3.63) is 41.2 Å². The molecular weight excluding hydrogens is 231 g/mol. The van der Waals surface area contributed by atoms with Crippen molar-refractivity contribution in [3.8, 4) is 5.75 Å². The molecule has 0 amide bonds. The molecule has 1 unspecified atom stereocenters. The van der Waals surface area contributed by atoms with E-state index in [1.165, 1.54) is 5.31 Å². The van der Waals surface area contributed by atoms with Crippen molar-refractivity contribution < 1.29 is 5.11 Å². The standard InChI is InChI=1S/C13H19N2OP/c1-4-5-11(2)17-15(3)14-10-12-6-8-13(16)9-7-12/h5-10,16-17H,4H2,1-3H3/b11-5?,14-10+. The van der Waals surface area contributed by atoms with Crippen LogP contribution >= 0.6 is 8.73 Å². The Labute approximate surface area is 105 Å². The van der Waals surface area contributed by atoms with Crippen LogP contribution in [0.2, 0.25) is 0 Å². The van der Waals surface area contributed by atoms with E-state index in [-0.39, 0.29) is 5.75 Å². The molecule has 0 saturated heterocycles. The molecule has 0 fully saturated rings. The molecule has 92 valence electrons. The molecule has 1 rings (SSSR count). The normalized spacial score (nSPS) is 12.8. The van der Waals surface area contributed by atoms with Gasteiger partial charge in [-0.25, -0.2) is 0 Å². The molecule has 0 radical (unpaired) electrons. The fourth-order valence-corrected chi connectivity index (χ4v) is 2.27. The van der Waals surface area contributed by atoms with E-state index in [4.69, 9.17) is 5.11 Å². The van der Waals surface area contributed by atoms with Crippen molar-refractivity contribution in [1.29, 1.82) is 0 Å². The number of hydrogen-bond donors (Lipinski definition) is 1. The number of benzene rings is 1. The highest BCUT2D eigenvalue weighted by molar-refractivity contribution is 7.40. The Bertz CT molecular complexity index is 398. The maximum Gasteiger partial charge on any atom is 0.115 e. The summed E-state index contributed by atoms with van der Waals surface area (Å²) in [6.45, 7) is 4.25. The molecule has 1 atom stereocenters. The molecular formula is C13H19N2OP. The molecule has 0 spiro atoms. The fourth-order valence-electron chi connectivity index (χ4n) is 1.35. The van der Waals surface area contributed by atoms with Crippen LogP contribution in [0.25, 0.3) is 0 Å². The average Bonchev–Trinajstić information content (AvgIpc) is 2.28. The summed E-state index contributed by atoms with van der Waals surface area (Å²) in [6, 6.07) is 6.99. The lowest BCUT2D eigenvalue weighted by molar-refractivity contribution is 0.475. The first kappa shape index (κ1) is 13.7. The Morgan fingerprint density at radius 2 is 2.06 bits per heavy atom. The molecule has 0 heterocycles. The van der Waals surface area contributed by atoms with Crippen LogP contribution in [0, 0.1) is 0 Å². The third-order valence-corrected chi connectivity index (χ3v) is 3.12. The van der Waals surface area contributed by atoms with Gasteiger partial charge in [-0.15, -0.1) is 0 Å². The molecule has 1 aromatic carbocycles. The molecule has 0 bridgehead atoms. The van der Waals surface area contributed by atoms with Gasteiger partial charge in [-0.1, -0.05) is 13.0 Å². The van der Waals surface area contributed by atoms with Gasteiger partial charge in [-0.2, -0.15) is 5.10 Å². The molecule has 0 saturated carbocycles. The minimum atomic E-state index is 0.277. The smallest absolute Gasteiger partial charge is 0.115 e. The summed E-state index contributed by atoms with van der Waals surface area (Å²) in [5.41, 5.74) is 0.983. The van der Waals surface area contributed by atoms with Gasteiger partial charge in [0, 0.05) is 15.8 Å². The Hall–Kier alpha value is -1.34. The van der Waals surface area contributed by atoms with Crippen molar-refractivity contribution >= 4 is 14.9 Å². The van der Waals surface area contributed by atoms with E-state index < -0.39 is 0 Å². The predicted octanol–water partition coefficient (Wildman–Crippen LogP) is 3.57. The van der Waals surface area contributed by atoms with Crippen molar-refractivity contribution in [3.63, 3.8) is 0 Å². The molecule has 4 heteroatoms. The maximum absolute atomic E-state index is 9.15. The van der Waals surface area contributed by atoms with Crippen LogP contribution in [0.15, 0.2) is 40.8 Å². The lowest BCUT2D eigenvalue weighted by Gasteiger charge is -2.12. The van der Waals surface area contributed by atoms with Crippen LogP contribution in [0.1, 0.15) is 25.8 Å². The van der Waals surface area contributed by atoms with Gasteiger partial charge in [0.15, 0.2) is 0 Å². The minimum absolute atomic E-state index is 0.277. The maximum atomic E-state index is 9.15. The Balaban J connectivity index is 2.53. The topological polar surface area (TPSA) is 35.8 Å². The Morgan fingerprint density at radius 1 is 1.41 bits per heavy atom. The lowest BCUT2D eigenvalue weighted by Crippen LogP contribution is -1.98. The number of aromatic hydroxyl groups is 1. The zero-order valence-corrected chi connectivity index (χ0v) is 11.5. The summed E-state index contributed by atoms with van der Waals surface area (Å²) >= 11 is 0. The molecule has 0 aromatic heterocycles. The molecule has 3 nitrogen and oxygen atoms in total. The first-order chi connectivity index (χ1) is 8.11. The van der Waals surface area contributed by atoms with Gasteiger partial charge in [0.25, 0.3) is 0 Å². The second-order valence-electron chi connectivity index (χ2n) is 3.77. The van der Waals surface area contributed by atoms with Crippen LogP contribution in [0.5, 0.6) is 5.75 Å². The molecule has 1 N–H and O–H groups in total. The van der Waals surface area contributed by atoms with E-state index in [0.29, 0.717) is 8.73 Å². The van der Waals surface area contributed by atoms with E-state index in [9.17, 15) is 0 Å². The van der Waals surface area contributed by atoms with Crippen LogP contribution in [0.4, 0.5) is 0 Å². The minimum Gasteiger partial charge on any atom is -0.508 e. The van der Waals surface area contributed by atoms with Crippen LogP contribution < -0.4 is 0 Å². The highest BCUT2D eigenvalue weighted by atomic mass is 31.1. The first-order valence-corrected chi connectivity index (χ1v) is 6.56. The zero-order valence-electron chi connectivity index (χ0n) is 10.5. The number of allylic oxidation sites excluding steroid dienone is 2. The van der Waals surface area contributed by atoms with E-state index >= 15 is 0 Å². The number of nitrogens with zero attached hydrogens (tertiary/aromatic N) is 2. The largest absolute Gasteiger partial charge is 0.508 e. The Kier molecular flexibility index (Phi) is 5.71. The van der Waals surface area contributed by atoms with Gasteiger partial charge in [-0.3, -0.25) is 4.78 Å². The van der Waals surface area contributed by atoms with Gasteiger partial charge in [-0.05, 0) is 48.5 Å². The quantitative estimate of drug-likeness (QED) is 0.492. The van der Waals surface area contributed by atoms with Crippen LogP contribution in [0.3, 0.4) is 0 Å². The average molecular weight is 250 g/mol. The highest BCUT2D eigenvalue weighted by Gasteiger charge is 1.94. The van der Waals surface area contributed by atoms with Crippen LogP contribution in [-0.4, -0.2) is 23.1 Å². The summed E-state index contributed by atoms with van der Waals surface area (Å²) in [5, 5.41) is 14.8. The van der Waals surface area contributed by atoms with Gasteiger partial charge in [0.1, 0.15) is 5.75 Å². The molecule has 0 aliphatic heterocycles. The van der Waals surface area contributed by atoms with Crippen molar-refractivity contribution in [1.82, 2.24) is 4.78 Å². The van der Waals surface area contributed by atoms with E-state index in [0.717, 1.165) is 12.0 Å². The van der Waals surface area contributed by atoms with Crippen LogP contribution in [-0.2, 0) is 0 Å². The highest BCUT2D eigenvalue weighted by Crippen LogP contribution is 2.26. The molecule has 0 aliphatic carbocycles. The summed E-state index contributed by atoms with van der Waals surface area (Å²) in [5.74, 6) is 0.277. The van der Waals surface area contributed by atoms with Crippen molar-refractivity contribution in [2.75, 3.05) is 7.05 Å². The Morgan fingerprint density at radius 3 is 2.65 bits per heavy atom. The summed E-state index contributed by atoms with van der Waals surface area (Å²) in [6.07, 6.45) is 5.07. The van der Waals surface area contributed by atoms with Gasteiger partial charge in [0.2, 0.25) is 0 Å². The molecule has 0 aliphatic rings. The number of hydrazone groups is 1.